The van der Waals surface area contributed by atoms with Gasteiger partial charge in [0.05, 0.1) is 7.11 Å². The number of alkyl halides is 1. The van der Waals surface area contributed by atoms with Gasteiger partial charge in [0.1, 0.15) is 13.3 Å². The molecular weight excluding hydrogens is 407 g/mol. The molecule has 0 bridgehead atoms. The molecule has 0 amide bonds. The number of benzene rings is 2. The highest BCUT2D eigenvalue weighted by molar-refractivity contribution is 5.61. The van der Waals surface area contributed by atoms with E-state index >= 15 is 0 Å². The molecule has 0 spiro atoms. The summed E-state index contributed by atoms with van der Waals surface area (Å²) in [6.45, 7) is 2.29. The summed E-state index contributed by atoms with van der Waals surface area (Å²) in [5.74, 6) is 1.90. The van der Waals surface area contributed by atoms with E-state index in [9.17, 15) is 4.39 Å². The van der Waals surface area contributed by atoms with Crippen LogP contribution >= 0.6 is 0 Å². The van der Waals surface area contributed by atoms with Crippen molar-refractivity contribution >= 4 is 5.95 Å². The maximum Gasteiger partial charge on any atom is 0.222 e. The predicted octanol–water partition coefficient (Wildman–Crippen LogP) is 4.58. The molecule has 1 N–H and O–H groups in total. The highest BCUT2D eigenvalue weighted by atomic mass is 19.1. The molecule has 0 radical (unpaired) electrons. The molecule has 2 aromatic carbocycles. The Morgan fingerprint density at radius 1 is 1.00 bits per heavy atom. The summed E-state index contributed by atoms with van der Waals surface area (Å²) in [5, 5.41) is 3.47. The molecule has 0 unspecified atom stereocenters. The van der Waals surface area contributed by atoms with Crippen LogP contribution in [0.4, 0.5) is 10.3 Å². The normalized spacial score (nSPS) is 14.8. The fraction of sp³-hybridized carbons (Fsp3) is 0.360. The number of likely N-dealkylation sites (tertiary alicyclic amines) is 1. The number of nitrogens with one attached hydrogen (secondary N) is 1. The third-order valence-electron chi connectivity index (χ3n) is 5.65. The summed E-state index contributed by atoms with van der Waals surface area (Å²) >= 11 is 0. The first-order valence-electron chi connectivity index (χ1n) is 11.0. The number of rotatable bonds is 9. The minimum absolute atomic E-state index is 0.0330. The first-order valence-corrected chi connectivity index (χ1v) is 11.0. The molecule has 4 rings (SSSR count). The van der Waals surface area contributed by atoms with E-state index in [4.69, 9.17) is 9.47 Å². The largest absolute Gasteiger partial charge is 0.493 e. The Morgan fingerprint density at radius 2 is 1.75 bits per heavy atom. The van der Waals surface area contributed by atoms with Crippen LogP contribution in [-0.2, 0) is 6.54 Å². The third-order valence-corrected chi connectivity index (χ3v) is 5.65. The number of nitrogens with zero attached hydrogens (tertiary/aromatic N) is 3. The molecule has 1 saturated heterocycles. The van der Waals surface area contributed by atoms with Crippen LogP contribution in [0.25, 0.3) is 11.1 Å². The minimum Gasteiger partial charge on any atom is -0.493 e. The second-order valence-corrected chi connectivity index (χ2v) is 7.88. The van der Waals surface area contributed by atoms with Crippen molar-refractivity contribution in [2.75, 3.05) is 38.8 Å². The summed E-state index contributed by atoms with van der Waals surface area (Å²) < 4.78 is 23.3. The molecule has 1 aliphatic rings. The van der Waals surface area contributed by atoms with Crippen molar-refractivity contribution in [3.05, 3.63) is 66.5 Å². The van der Waals surface area contributed by atoms with Gasteiger partial charge >= 0.3 is 0 Å². The van der Waals surface area contributed by atoms with Crippen LogP contribution in [0, 0.1) is 0 Å². The van der Waals surface area contributed by atoms with Crippen molar-refractivity contribution < 1.29 is 13.9 Å². The van der Waals surface area contributed by atoms with Crippen molar-refractivity contribution in [1.29, 1.82) is 0 Å². The Morgan fingerprint density at radius 3 is 2.44 bits per heavy atom. The second kappa shape index (κ2) is 10.9. The molecule has 7 heteroatoms. The fourth-order valence-electron chi connectivity index (χ4n) is 3.94. The van der Waals surface area contributed by atoms with E-state index in [1.54, 1.807) is 7.11 Å². The van der Waals surface area contributed by atoms with E-state index in [1.807, 2.05) is 48.8 Å². The van der Waals surface area contributed by atoms with Crippen LogP contribution in [0.15, 0.2) is 60.9 Å². The number of piperidine rings is 1. The van der Waals surface area contributed by atoms with Gasteiger partial charge in [-0.05, 0) is 36.1 Å². The second-order valence-electron chi connectivity index (χ2n) is 7.88. The molecule has 2 heterocycles. The van der Waals surface area contributed by atoms with Crippen molar-refractivity contribution in [1.82, 2.24) is 14.9 Å². The SMILES string of the molecule is COc1ccc(CN2CCC(Nc3ncc(-c4ccccc4)cn3)CC2)cc1OCCF. The van der Waals surface area contributed by atoms with Gasteiger partial charge in [-0.25, -0.2) is 14.4 Å². The fourth-order valence-corrected chi connectivity index (χ4v) is 3.94. The first-order chi connectivity index (χ1) is 15.7. The van der Waals surface area contributed by atoms with Gasteiger partial charge in [-0.2, -0.15) is 0 Å². The molecule has 32 heavy (non-hydrogen) atoms. The Balaban J connectivity index is 1.28. The predicted molar refractivity (Wildman–Crippen MR) is 124 cm³/mol. The Kier molecular flexibility index (Phi) is 7.51. The van der Waals surface area contributed by atoms with Gasteiger partial charge in [0.15, 0.2) is 11.5 Å². The molecule has 1 fully saturated rings. The van der Waals surface area contributed by atoms with Crippen molar-refractivity contribution in [2.24, 2.45) is 0 Å². The van der Waals surface area contributed by atoms with Gasteiger partial charge < -0.3 is 14.8 Å². The molecule has 6 nitrogen and oxygen atoms in total. The lowest BCUT2D eigenvalue weighted by Gasteiger charge is -2.32. The van der Waals surface area contributed by atoms with Crippen LogP contribution in [0.3, 0.4) is 0 Å². The number of hydrogen-bond donors (Lipinski definition) is 1. The molecule has 1 aromatic heterocycles. The maximum absolute atomic E-state index is 12.5. The highest BCUT2D eigenvalue weighted by Gasteiger charge is 2.20. The van der Waals surface area contributed by atoms with Gasteiger partial charge in [-0.1, -0.05) is 36.4 Å². The van der Waals surface area contributed by atoms with Crippen LogP contribution in [0.1, 0.15) is 18.4 Å². The zero-order chi connectivity index (χ0) is 22.2. The quantitative estimate of drug-likeness (QED) is 0.530. The van der Waals surface area contributed by atoms with Gasteiger partial charge in [-0.3, -0.25) is 4.90 Å². The average Bonchev–Trinajstić information content (AvgIpc) is 2.85. The molecule has 0 saturated carbocycles. The van der Waals surface area contributed by atoms with Gasteiger partial charge in [0.25, 0.3) is 0 Å². The zero-order valence-electron chi connectivity index (χ0n) is 18.3. The van der Waals surface area contributed by atoms with E-state index < -0.39 is 6.67 Å². The van der Waals surface area contributed by atoms with Gasteiger partial charge in [0, 0.05) is 43.6 Å². The van der Waals surface area contributed by atoms with Crippen LogP contribution in [0.5, 0.6) is 11.5 Å². The summed E-state index contributed by atoms with van der Waals surface area (Å²) in [6, 6.07) is 16.4. The Labute approximate surface area is 188 Å². The number of ether oxygens (including phenoxy) is 2. The average molecular weight is 437 g/mol. The number of halogens is 1. The lowest BCUT2D eigenvalue weighted by atomic mass is 10.0. The van der Waals surface area contributed by atoms with Crippen LogP contribution in [-0.4, -0.2) is 54.4 Å². The van der Waals surface area contributed by atoms with E-state index in [1.165, 1.54) is 0 Å². The van der Waals surface area contributed by atoms with Gasteiger partial charge in [0.2, 0.25) is 5.95 Å². The Hall–Kier alpha value is -3.19. The molecule has 0 atom stereocenters. The van der Waals surface area contributed by atoms with E-state index in [0.29, 0.717) is 23.5 Å². The lowest BCUT2D eigenvalue weighted by Crippen LogP contribution is -2.38. The number of hydrogen-bond acceptors (Lipinski definition) is 6. The number of anilines is 1. The molecule has 168 valence electrons. The third kappa shape index (κ3) is 5.73. The first kappa shape index (κ1) is 22.0. The molecule has 1 aliphatic heterocycles. The lowest BCUT2D eigenvalue weighted by molar-refractivity contribution is 0.210. The summed E-state index contributed by atoms with van der Waals surface area (Å²) in [4.78, 5) is 11.4. The van der Waals surface area contributed by atoms with Gasteiger partial charge in [-0.15, -0.1) is 0 Å². The smallest absolute Gasteiger partial charge is 0.222 e. The molecule has 0 aliphatic carbocycles. The van der Waals surface area contributed by atoms with Crippen molar-refractivity contribution in [3.8, 4) is 22.6 Å². The van der Waals surface area contributed by atoms with Crippen LogP contribution < -0.4 is 14.8 Å². The molecule has 3 aromatic rings. The van der Waals surface area contributed by atoms with E-state index in [0.717, 1.165) is 49.2 Å². The minimum atomic E-state index is -0.521. The maximum atomic E-state index is 12.5. The Bertz CT molecular complexity index is 977. The standard InChI is InChI=1S/C25H29FN4O2/c1-31-23-8-7-19(15-24(23)32-14-11-26)18-30-12-9-22(10-13-30)29-25-27-16-21(17-28-25)20-5-3-2-4-6-20/h2-8,15-17,22H,9-14,18H2,1H3,(H,27,28,29). The van der Waals surface area contributed by atoms with E-state index in [-0.39, 0.29) is 6.61 Å². The monoisotopic (exact) mass is 436 g/mol. The highest BCUT2D eigenvalue weighted by Crippen LogP contribution is 2.29. The van der Waals surface area contributed by atoms with Crippen LogP contribution in [0.2, 0.25) is 0 Å². The summed E-state index contributed by atoms with van der Waals surface area (Å²) in [5.41, 5.74) is 3.26. The number of methoxy groups -OCH3 is 1. The van der Waals surface area contributed by atoms with E-state index in [2.05, 4.69) is 32.3 Å². The molecular formula is C25H29FN4O2. The van der Waals surface area contributed by atoms with Crippen molar-refractivity contribution in [3.63, 3.8) is 0 Å². The van der Waals surface area contributed by atoms with Crippen molar-refractivity contribution in [2.45, 2.75) is 25.4 Å². The zero-order valence-corrected chi connectivity index (χ0v) is 18.3. The number of aromatic nitrogens is 2. The summed E-state index contributed by atoms with van der Waals surface area (Å²) in [7, 11) is 1.59. The topological polar surface area (TPSA) is 59.5 Å². The summed E-state index contributed by atoms with van der Waals surface area (Å²) in [6.07, 6.45) is 5.77.